The average molecular weight is 598 g/mol. The SMILES string of the molecule is [2H]c1c([2H])c([2H])c(N(c2ccc3c(c2)oc2c4ccccc4ccc32)c2ccc3c(c2)oc2cccc(-c4nc5ccccc5o4)c23)c([2H])c1[2H]. The molecule has 0 fully saturated rings. The lowest BCUT2D eigenvalue weighted by Crippen LogP contribution is -2.09. The zero-order valence-electron chi connectivity index (χ0n) is 29.1. The normalized spacial score (nSPS) is 13.4. The van der Waals surface area contributed by atoms with Crippen molar-refractivity contribution in [2.24, 2.45) is 0 Å². The Balaban J connectivity index is 1.20. The van der Waals surface area contributed by atoms with Crippen LogP contribution in [0.3, 0.4) is 0 Å². The van der Waals surface area contributed by atoms with Gasteiger partial charge in [-0.2, -0.15) is 0 Å². The molecule has 216 valence electrons. The summed E-state index contributed by atoms with van der Waals surface area (Å²) in [5.74, 6) is 0.473. The predicted octanol–water partition coefficient (Wildman–Crippen LogP) is 11.9. The van der Waals surface area contributed by atoms with Crippen molar-refractivity contribution in [2.75, 3.05) is 4.90 Å². The Kier molecular flexibility index (Phi) is 4.29. The molecule has 0 N–H and O–H groups in total. The molecule has 3 heterocycles. The van der Waals surface area contributed by atoms with Crippen LogP contribution in [-0.4, -0.2) is 4.98 Å². The third-order valence-corrected chi connectivity index (χ3v) is 8.58. The maximum Gasteiger partial charge on any atom is 0.228 e. The molecule has 0 aliphatic carbocycles. The third kappa shape index (κ3) is 3.72. The monoisotopic (exact) mass is 597 g/mol. The number of benzene rings is 7. The molecule has 0 aliphatic rings. The zero-order chi connectivity index (χ0) is 34.5. The first-order chi connectivity index (χ1) is 24.9. The minimum absolute atomic E-state index is 0.00420. The van der Waals surface area contributed by atoms with Crippen molar-refractivity contribution in [3.8, 4) is 11.5 Å². The molecule has 0 atom stereocenters. The van der Waals surface area contributed by atoms with Crippen LogP contribution in [0, 0.1) is 0 Å². The van der Waals surface area contributed by atoms with Crippen molar-refractivity contribution in [2.45, 2.75) is 0 Å². The molecule has 10 aromatic rings. The average Bonchev–Trinajstić information content (AvgIpc) is 3.87. The van der Waals surface area contributed by atoms with Crippen molar-refractivity contribution in [3.05, 3.63) is 145 Å². The van der Waals surface area contributed by atoms with Crippen LogP contribution in [0.2, 0.25) is 0 Å². The van der Waals surface area contributed by atoms with Gasteiger partial charge < -0.3 is 18.2 Å². The van der Waals surface area contributed by atoms with Crippen LogP contribution < -0.4 is 4.90 Å². The number of oxazole rings is 1. The number of furan rings is 2. The maximum atomic E-state index is 8.95. The molecule has 0 spiro atoms. The van der Waals surface area contributed by atoms with Gasteiger partial charge in [-0.05, 0) is 72.1 Å². The Hall–Kier alpha value is -6.33. The summed E-state index contributed by atoms with van der Waals surface area (Å²) in [5, 5.41) is 5.55. The van der Waals surface area contributed by atoms with E-state index >= 15 is 0 Å². The zero-order valence-corrected chi connectivity index (χ0v) is 24.1. The molecule has 0 bridgehead atoms. The fourth-order valence-electron chi connectivity index (χ4n) is 6.51. The summed E-state index contributed by atoms with van der Waals surface area (Å²) in [5.41, 5.74) is 5.83. The second kappa shape index (κ2) is 9.58. The summed E-state index contributed by atoms with van der Waals surface area (Å²) in [4.78, 5) is 6.39. The van der Waals surface area contributed by atoms with E-state index in [2.05, 4.69) is 6.07 Å². The molecule has 7 aromatic carbocycles. The number of nitrogens with zero attached hydrogens (tertiary/aromatic N) is 2. The molecule has 46 heavy (non-hydrogen) atoms. The van der Waals surface area contributed by atoms with Crippen LogP contribution in [0.25, 0.3) is 77.2 Å². The van der Waals surface area contributed by atoms with Gasteiger partial charge in [-0.15, -0.1) is 0 Å². The van der Waals surface area contributed by atoms with Gasteiger partial charge in [-0.3, -0.25) is 0 Å². The van der Waals surface area contributed by atoms with Crippen LogP contribution in [0.1, 0.15) is 6.85 Å². The van der Waals surface area contributed by atoms with Gasteiger partial charge in [0.05, 0.1) is 6.85 Å². The van der Waals surface area contributed by atoms with E-state index < -0.39 is 18.1 Å². The standard InChI is InChI=1S/C41H24N2O3/c1-2-10-26(11-3-1)43(27-18-21-30-31-20-17-25-9-4-5-12-29(25)40(31)45-37(30)23-27)28-19-22-32-38(24-28)44-36-16-8-13-33(39(32)36)41-42-34-14-6-7-15-35(34)46-41/h1-24H/i1D,2D,3D,10D,11D. The second-order valence-electron chi connectivity index (χ2n) is 11.2. The summed E-state index contributed by atoms with van der Waals surface area (Å²) in [6, 6.07) is 34.7. The largest absolute Gasteiger partial charge is 0.456 e. The Morgan fingerprint density at radius 2 is 1.26 bits per heavy atom. The van der Waals surface area contributed by atoms with E-state index in [1.165, 1.54) is 0 Å². The number of aromatic nitrogens is 1. The smallest absolute Gasteiger partial charge is 0.228 e. The van der Waals surface area contributed by atoms with E-state index in [1.54, 1.807) is 4.90 Å². The number of para-hydroxylation sites is 3. The molecular formula is C41H24N2O3. The van der Waals surface area contributed by atoms with Gasteiger partial charge in [0.15, 0.2) is 5.58 Å². The van der Waals surface area contributed by atoms with E-state index in [-0.39, 0.29) is 17.8 Å². The summed E-state index contributed by atoms with van der Waals surface area (Å²) < 4.78 is 62.2. The van der Waals surface area contributed by atoms with E-state index in [0.29, 0.717) is 39.6 Å². The third-order valence-electron chi connectivity index (χ3n) is 8.58. The fourth-order valence-corrected chi connectivity index (χ4v) is 6.51. The summed E-state index contributed by atoms with van der Waals surface area (Å²) in [7, 11) is 0. The van der Waals surface area contributed by atoms with Crippen LogP contribution in [0.4, 0.5) is 17.1 Å². The molecule has 0 saturated heterocycles. The topological polar surface area (TPSA) is 55.6 Å². The second-order valence-corrected chi connectivity index (χ2v) is 11.2. The van der Waals surface area contributed by atoms with Gasteiger partial charge >= 0.3 is 0 Å². The van der Waals surface area contributed by atoms with Crippen LogP contribution in [0.5, 0.6) is 0 Å². The van der Waals surface area contributed by atoms with Crippen LogP contribution in [0.15, 0.2) is 159 Å². The number of hydrogen-bond acceptors (Lipinski definition) is 5. The fraction of sp³-hybridized carbons (Fsp3) is 0. The first kappa shape index (κ1) is 20.6. The number of anilines is 3. The Bertz CT molecular complexity index is 3010. The van der Waals surface area contributed by atoms with Crippen molar-refractivity contribution in [3.63, 3.8) is 0 Å². The van der Waals surface area contributed by atoms with E-state index in [1.807, 2.05) is 109 Å². The summed E-state index contributed by atoms with van der Waals surface area (Å²) in [6.45, 7) is 0. The Morgan fingerprint density at radius 3 is 2.13 bits per heavy atom. The van der Waals surface area contributed by atoms with Crippen LogP contribution in [-0.2, 0) is 0 Å². The lowest BCUT2D eigenvalue weighted by atomic mass is 10.0. The molecule has 5 heteroatoms. The van der Waals surface area contributed by atoms with Gasteiger partial charge in [0.2, 0.25) is 5.89 Å². The van der Waals surface area contributed by atoms with Gasteiger partial charge in [0.25, 0.3) is 0 Å². The lowest BCUT2D eigenvalue weighted by Gasteiger charge is -2.25. The van der Waals surface area contributed by atoms with E-state index in [9.17, 15) is 0 Å². The highest BCUT2D eigenvalue weighted by Gasteiger charge is 2.20. The first-order valence-corrected chi connectivity index (χ1v) is 14.9. The molecular weight excluding hydrogens is 568 g/mol. The highest BCUT2D eigenvalue weighted by atomic mass is 16.4. The molecule has 0 aliphatic heterocycles. The summed E-state index contributed by atoms with van der Waals surface area (Å²) in [6.07, 6.45) is 0. The number of hydrogen-bond donors (Lipinski definition) is 0. The molecule has 0 amide bonds. The summed E-state index contributed by atoms with van der Waals surface area (Å²) >= 11 is 0. The number of fused-ring (bicyclic) bond motifs is 9. The minimum Gasteiger partial charge on any atom is -0.456 e. The highest BCUT2D eigenvalue weighted by Crippen LogP contribution is 2.43. The Labute approximate surface area is 269 Å². The predicted molar refractivity (Wildman–Crippen MR) is 186 cm³/mol. The van der Waals surface area contributed by atoms with Crippen molar-refractivity contribution in [1.29, 1.82) is 0 Å². The van der Waals surface area contributed by atoms with Gasteiger partial charge in [0.1, 0.15) is 27.8 Å². The Morgan fingerprint density at radius 1 is 0.522 bits per heavy atom. The maximum absolute atomic E-state index is 8.95. The molecule has 10 rings (SSSR count). The van der Waals surface area contributed by atoms with E-state index in [4.69, 9.17) is 25.1 Å². The minimum atomic E-state index is -0.465. The molecule has 0 radical (unpaired) electrons. The molecule has 0 unspecified atom stereocenters. The molecule has 5 nitrogen and oxygen atoms in total. The van der Waals surface area contributed by atoms with Gasteiger partial charge in [-0.1, -0.05) is 66.7 Å². The van der Waals surface area contributed by atoms with Gasteiger partial charge in [-0.25, -0.2) is 4.98 Å². The van der Waals surface area contributed by atoms with Crippen molar-refractivity contribution in [1.82, 2.24) is 4.98 Å². The number of rotatable bonds is 4. The van der Waals surface area contributed by atoms with Crippen molar-refractivity contribution >= 4 is 82.8 Å². The lowest BCUT2D eigenvalue weighted by molar-refractivity contribution is 0.620. The first-order valence-electron chi connectivity index (χ1n) is 17.4. The van der Waals surface area contributed by atoms with Crippen LogP contribution >= 0.6 is 0 Å². The molecule has 3 aromatic heterocycles. The molecule has 0 saturated carbocycles. The van der Waals surface area contributed by atoms with E-state index in [0.717, 1.165) is 49.0 Å². The van der Waals surface area contributed by atoms with Crippen molar-refractivity contribution < 1.29 is 20.1 Å². The highest BCUT2D eigenvalue weighted by molar-refractivity contribution is 6.16. The van der Waals surface area contributed by atoms with Gasteiger partial charge in [0, 0.05) is 61.7 Å². The quantitative estimate of drug-likeness (QED) is 0.202.